The van der Waals surface area contributed by atoms with E-state index in [0.717, 1.165) is 32.2 Å². The van der Waals surface area contributed by atoms with Crippen molar-refractivity contribution in [2.24, 2.45) is 0 Å². The second-order valence-electron chi connectivity index (χ2n) is 10.0. The van der Waals surface area contributed by atoms with E-state index in [1.54, 1.807) is 25.3 Å². The van der Waals surface area contributed by atoms with Gasteiger partial charge >= 0.3 is 0 Å². The zero-order valence-electron chi connectivity index (χ0n) is 23.6. The van der Waals surface area contributed by atoms with Gasteiger partial charge in [-0.15, -0.1) is 0 Å². The van der Waals surface area contributed by atoms with Crippen LogP contribution in [0.3, 0.4) is 0 Å². The highest BCUT2D eigenvalue weighted by Crippen LogP contribution is 2.42. The summed E-state index contributed by atoms with van der Waals surface area (Å²) in [6.45, 7) is 5.95. The largest absolute Gasteiger partial charge is 0.488 e. The Labute approximate surface area is 253 Å². The SMILES string of the molecule is CCN(C(C)C1(c2ccc3ncnc(Nc4ccc(OCc5cccc(F)c5)c(Br)c4)c3c2)CC=CO1)S(=O)(=O)CC. The van der Waals surface area contributed by atoms with Gasteiger partial charge in [-0.3, -0.25) is 0 Å². The second kappa shape index (κ2) is 12.4. The zero-order valence-corrected chi connectivity index (χ0v) is 26.0. The summed E-state index contributed by atoms with van der Waals surface area (Å²) in [5.41, 5.74) is 2.15. The highest BCUT2D eigenvalue weighted by atomic mass is 79.9. The van der Waals surface area contributed by atoms with Gasteiger partial charge in [-0.25, -0.2) is 22.8 Å². The fourth-order valence-corrected chi connectivity index (χ4v) is 7.16. The third kappa shape index (κ3) is 5.99. The number of rotatable bonds is 11. The number of ether oxygens (including phenoxy) is 2. The number of aromatic nitrogens is 2. The van der Waals surface area contributed by atoms with Crippen molar-refractivity contribution >= 4 is 48.4 Å². The van der Waals surface area contributed by atoms with E-state index in [4.69, 9.17) is 9.47 Å². The van der Waals surface area contributed by atoms with E-state index in [-0.39, 0.29) is 18.2 Å². The Hall–Kier alpha value is -3.54. The first-order chi connectivity index (χ1) is 20.2. The molecule has 2 atom stereocenters. The van der Waals surface area contributed by atoms with Crippen LogP contribution < -0.4 is 10.1 Å². The first kappa shape index (κ1) is 29.9. The van der Waals surface area contributed by atoms with E-state index in [1.807, 2.05) is 56.3 Å². The molecule has 2 unspecified atom stereocenters. The summed E-state index contributed by atoms with van der Waals surface area (Å²) in [6.07, 6.45) is 5.58. The van der Waals surface area contributed by atoms with Crippen molar-refractivity contribution in [3.63, 3.8) is 0 Å². The predicted octanol–water partition coefficient (Wildman–Crippen LogP) is 7.04. The maximum atomic E-state index is 13.5. The Balaban J connectivity index is 1.43. The lowest BCUT2D eigenvalue weighted by Gasteiger charge is -2.40. The van der Waals surface area contributed by atoms with Gasteiger partial charge in [-0.1, -0.05) is 25.1 Å². The van der Waals surface area contributed by atoms with Gasteiger partial charge in [0.15, 0.2) is 5.60 Å². The fraction of sp³-hybridized carbons (Fsp3) is 0.290. The number of hydrogen-bond donors (Lipinski definition) is 1. The topological polar surface area (TPSA) is 93.7 Å². The molecule has 0 saturated heterocycles. The minimum atomic E-state index is -3.46. The van der Waals surface area contributed by atoms with Crippen molar-refractivity contribution in [3.05, 3.63) is 101 Å². The van der Waals surface area contributed by atoms with E-state index in [0.29, 0.717) is 24.5 Å². The normalized spacial score (nSPS) is 17.4. The van der Waals surface area contributed by atoms with Gasteiger partial charge < -0.3 is 14.8 Å². The van der Waals surface area contributed by atoms with Crippen LogP contribution in [-0.2, 0) is 27.0 Å². The molecule has 1 aromatic heterocycles. The fourth-order valence-electron chi connectivity index (χ4n) is 5.29. The molecule has 0 spiro atoms. The van der Waals surface area contributed by atoms with E-state index in [1.165, 1.54) is 22.8 Å². The number of sulfonamides is 1. The number of hydrogen-bond acceptors (Lipinski definition) is 7. The minimum Gasteiger partial charge on any atom is -0.488 e. The predicted molar refractivity (Wildman–Crippen MR) is 166 cm³/mol. The molecule has 0 saturated carbocycles. The number of halogens is 2. The molecule has 0 fully saturated rings. The van der Waals surface area contributed by atoms with Crippen molar-refractivity contribution in [2.45, 2.75) is 45.4 Å². The van der Waals surface area contributed by atoms with Crippen LogP contribution in [-0.4, -0.2) is 41.0 Å². The molecule has 1 N–H and O–H groups in total. The van der Waals surface area contributed by atoms with E-state index in [2.05, 4.69) is 31.2 Å². The molecule has 3 aromatic carbocycles. The molecule has 0 bridgehead atoms. The molecule has 0 aliphatic carbocycles. The van der Waals surface area contributed by atoms with Crippen molar-refractivity contribution < 1.29 is 22.3 Å². The van der Waals surface area contributed by atoms with E-state index < -0.39 is 21.7 Å². The van der Waals surface area contributed by atoms with E-state index in [9.17, 15) is 12.8 Å². The summed E-state index contributed by atoms with van der Waals surface area (Å²) in [6, 6.07) is 17.2. The molecule has 2 heterocycles. The Bertz CT molecular complexity index is 1730. The lowest BCUT2D eigenvalue weighted by atomic mass is 9.84. The minimum absolute atomic E-state index is 0.0124. The molecule has 5 rings (SSSR count). The Morgan fingerprint density at radius 3 is 2.67 bits per heavy atom. The van der Waals surface area contributed by atoms with Crippen LogP contribution in [0.15, 0.2) is 83.8 Å². The van der Waals surface area contributed by atoms with Crippen molar-refractivity contribution in [1.82, 2.24) is 14.3 Å². The molecule has 8 nitrogen and oxygen atoms in total. The maximum Gasteiger partial charge on any atom is 0.214 e. The molecule has 1 aliphatic rings. The van der Waals surface area contributed by atoms with Crippen LogP contribution in [0, 0.1) is 5.82 Å². The highest BCUT2D eigenvalue weighted by molar-refractivity contribution is 9.10. The van der Waals surface area contributed by atoms with Crippen LogP contribution >= 0.6 is 15.9 Å². The highest BCUT2D eigenvalue weighted by Gasteiger charge is 2.46. The quantitative estimate of drug-likeness (QED) is 0.185. The van der Waals surface area contributed by atoms with Gasteiger partial charge in [0.25, 0.3) is 0 Å². The van der Waals surface area contributed by atoms with Crippen LogP contribution in [0.4, 0.5) is 15.9 Å². The smallest absolute Gasteiger partial charge is 0.214 e. The van der Waals surface area contributed by atoms with Gasteiger partial charge in [-0.05, 0) is 89.4 Å². The Morgan fingerprint density at radius 2 is 1.98 bits per heavy atom. The maximum absolute atomic E-state index is 13.5. The van der Waals surface area contributed by atoms with Crippen molar-refractivity contribution in [3.8, 4) is 5.75 Å². The number of nitrogens with zero attached hydrogens (tertiary/aromatic N) is 3. The average molecular weight is 656 g/mol. The first-order valence-electron chi connectivity index (χ1n) is 13.7. The van der Waals surface area contributed by atoms with Crippen molar-refractivity contribution in [2.75, 3.05) is 17.6 Å². The summed E-state index contributed by atoms with van der Waals surface area (Å²) in [7, 11) is -3.46. The van der Waals surface area contributed by atoms with Gasteiger partial charge in [0, 0.05) is 24.0 Å². The van der Waals surface area contributed by atoms with Gasteiger partial charge in [-0.2, -0.15) is 4.31 Å². The molecule has 4 aromatic rings. The Kier molecular flexibility index (Phi) is 8.81. The van der Waals surface area contributed by atoms with Crippen LogP contribution in [0.1, 0.15) is 38.3 Å². The summed E-state index contributed by atoms with van der Waals surface area (Å²) >= 11 is 3.57. The standard InChI is InChI=1S/C31H32BrFN4O4S/c1-4-37(42(38,39)5-2)21(3)31(14-7-15-41-31)23-10-12-28-26(17-23)30(35-20-34-28)36-25-11-13-29(27(32)18-25)40-19-22-8-6-9-24(33)16-22/h6-13,15-18,20-21H,4-5,14,19H2,1-3H3,(H,34,35,36). The Morgan fingerprint density at radius 1 is 1.14 bits per heavy atom. The number of nitrogens with one attached hydrogen (secondary N) is 1. The summed E-state index contributed by atoms with van der Waals surface area (Å²) < 4.78 is 53.7. The van der Waals surface area contributed by atoms with Gasteiger partial charge in [0.05, 0.1) is 28.0 Å². The molecular formula is C31H32BrFN4O4S. The van der Waals surface area contributed by atoms with E-state index >= 15 is 0 Å². The summed E-state index contributed by atoms with van der Waals surface area (Å²) in [5, 5.41) is 4.14. The summed E-state index contributed by atoms with van der Waals surface area (Å²) in [4.78, 5) is 8.95. The number of fused-ring (bicyclic) bond motifs is 1. The summed E-state index contributed by atoms with van der Waals surface area (Å²) in [5.74, 6) is 0.909. The van der Waals surface area contributed by atoms with Crippen LogP contribution in [0.25, 0.3) is 10.9 Å². The number of likely N-dealkylation sites (N-methyl/N-ethyl adjacent to an activating group) is 1. The molecule has 11 heteroatoms. The number of benzene rings is 3. The van der Waals surface area contributed by atoms with Crippen molar-refractivity contribution in [1.29, 1.82) is 0 Å². The number of anilines is 2. The first-order valence-corrected chi connectivity index (χ1v) is 16.1. The molecule has 0 amide bonds. The van der Waals surface area contributed by atoms with Crippen LogP contribution in [0.5, 0.6) is 5.75 Å². The molecule has 0 radical (unpaired) electrons. The third-order valence-electron chi connectivity index (χ3n) is 7.54. The second-order valence-corrected chi connectivity index (χ2v) is 13.1. The molecular weight excluding hydrogens is 623 g/mol. The molecule has 220 valence electrons. The zero-order chi connectivity index (χ0) is 29.9. The monoisotopic (exact) mass is 654 g/mol. The van der Waals surface area contributed by atoms with Gasteiger partial charge in [0.2, 0.25) is 10.0 Å². The van der Waals surface area contributed by atoms with Gasteiger partial charge in [0.1, 0.15) is 30.3 Å². The lowest BCUT2D eigenvalue weighted by Crippen LogP contribution is -2.51. The molecule has 1 aliphatic heterocycles. The third-order valence-corrected chi connectivity index (χ3v) is 10.2. The molecule has 42 heavy (non-hydrogen) atoms. The van der Waals surface area contributed by atoms with Crippen LogP contribution in [0.2, 0.25) is 0 Å². The average Bonchev–Trinajstić information content (AvgIpc) is 3.48. The lowest BCUT2D eigenvalue weighted by molar-refractivity contribution is -0.0152.